The van der Waals surface area contributed by atoms with E-state index in [2.05, 4.69) is 5.10 Å². The Bertz CT molecular complexity index is 815. The van der Waals surface area contributed by atoms with Gasteiger partial charge in [0, 0.05) is 12.3 Å². The van der Waals surface area contributed by atoms with Gasteiger partial charge in [-0.15, -0.1) is 0 Å². The van der Waals surface area contributed by atoms with Crippen LogP contribution in [0.25, 0.3) is 16.6 Å². The molecule has 0 aliphatic heterocycles. The highest BCUT2D eigenvalue weighted by Crippen LogP contribution is 2.23. The predicted molar refractivity (Wildman–Crippen MR) is 80.5 cm³/mol. The maximum absolute atomic E-state index is 12.0. The zero-order valence-corrected chi connectivity index (χ0v) is 11.8. The first-order valence-corrected chi connectivity index (χ1v) is 6.63. The number of aromatic nitrogens is 2. The van der Waals surface area contributed by atoms with Crippen molar-refractivity contribution >= 4 is 16.7 Å². The average molecular weight is 264 g/mol. The van der Waals surface area contributed by atoms with E-state index in [9.17, 15) is 4.79 Å². The van der Waals surface area contributed by atoms with Gasteiger partial charge >= 0.3 is 0 Å². The Labute approximate surface area is 117 Å². The third-order valence-corrected chi connectivity index (χ3v) is 3.41. The summed E-state index contributed by atoms with van der Waals surface area (Å²) in [5, 5.41) is 5.51. The average Bonchev–Trinajstić information content (AvgIpc) is 2.77. The Morgan fingerprint density at radius 1 is 1.05 bits per heavy atom. The van der Waals surface area contributed by atoms with Crippen LogP contribution in [0.4, 0.5) is 0 Å². The molecule has 0 radical (unpaired) electrons. The lowest BCUT2D eigenvalue weighted by Crippen LogP contribution is -2.06. The van der Waals surface area contributed by atoms with Gasteiger partial charge in [0.1, 0.15) is 5.69 Å². The van der Waals surface area contributed by atoms with Crippen molar-refractivity contribution in [2.45, 2.75) is 20.8 Å². The van der Waals surface area contributed by atoms with Crippen molar-refractivity contribution in [3.05, 3.63) is 59.3 Å². The minimum absolute atomic E-state index is 0.0258. The van der Waals surface area contributed by atoms with Gasteiger partial charge in [-0.3, -0.25) is 4.79 Å². The predicted octanol–water partition coefficient (Wildman–Crippen LogP) is 3.84. The van der Waals surface area contributed by atoms with Crippen LogP contribution in [0, 0.1) is 13.8 Å². The van der Waals surface area contributed by atoms with Crippen molar-refractivity contribution in [1.82, 2.24) is 9.78 Å². The van der Waals surface area contributed by atoms with Gasteiger partial charge in [0.05, 0.1) is 11.2 Å². The number of hydrogen-bond acceptors (Lipinski definition) is 2. The van der Waals surface area contributed by atoms with E-state index in [0.717, 1.165) is 27.7 Å². The van der Waals surface area contributed by atoms with E-state index in [4.69, 9.17) is 0 Å². The fourth-order valence-corrected chi connectivity index (χ4v) is 2.48. The van der Waals surface area contributed by atoms with Crippen LogP contribution in [0.5, 0.6) is 0 Å². The molecule has 3 aromatic rings. The minimum atomic E-state index is 0.0258. The fraction of sp³-hybridized carbons (Fsp3) is 0.176. The minimum Gasteiger partial charge on any atom is -0.293 e. The van der Waals surface area contributed by atoms with E-state index in [1.807, 2.05) is 56.3 Å². The molecule has 1 aromatic heterocycles. The Kier molecular flexibility index (Phi) is 2.90. The van der Waals surface area contributed by atoms with Crippen molar-refractivity contribution in [1.29, 1.82) is 0 Å². The molecule has 3 heteroatoms. The molecule has 20 heavy (non-hydrogen) atoms. The molecule has 3 rings (SSSR count). The zero-order valence-electron chi connectivity index (χ0n) is 11.8. The summed E-state index contributed by atoms with van der Waals surface area (Å²) in [6, 6.07) is 14.0. The summed E-state index contributed by atoms with van der Waals surface area (Å²) in [4.78, 5) is 12.0. The summed E-state index contributed by atoms with van der Waals surface area (Å²) < 4.78 is 1.75. The molecule has 0 aliphatic rings. The summed E-state index contributed by atoms with van der Waals surface area (Å²) in [7, 11) is 0. The van der Waals surface area contributed by atoms with Crippen LogP contribution >= 0.6 is 0 Å². The highest BCUT2D eigenvalue weighted by Gasteiger charge is 2.16. The molecule has 0 spiro atoms. The number of Topliss-reactive ketones (excluding diaryl/α,β-unsaturated/α-hetero) is 1. The Hall–Kier alpha value is -2.42. The van der Waals surface area contributed by atoms with Gasteiger partial charge in [0.2, 0.25) is 0 Å². The van der Waals surface area contributed by atoms with Crippen molar-refractivity contribution in [2.24, 2.45) is 0 Å². The van der Waals surface area contributed by atoms with Crippen molar-refractivity contribution in [3.63, 3.8) is 0 Å². The SMILES string of the molecule is CC(=O)c1c2ccc(C)cc2nn1-c1cccc(C)c1. The van der Waals surface area contributed by atoms with Crippen LogP contribution in [-0.4, -0.2) is 15.6 Å². The van der Waals surface area contributed by atoms with E-state index in [-0.39, 0.29) is 5.78 Å². The monoisotopic (exact) mass is 264 g/mol. The number of carbonyl (C=O) groups excluding carboxylic acids is 1. The van der Waals surface area contributed by atoms with E-state index in [1.54, 1.807) is 11.6 Å². The van der Waals surface area contributed by atoms with Crippen LogP contribution in [0.15, 0.2) is 42.5 Å². The van der Waals surface area contributed by atoms with Crippen molar-refractivity contribution < 1.29 is 4.79 Å². The third-order valence-electron chi connectivity index (χ3n) is 3.41. The topological polar surface area (TPSA) is 34.9 Å². The van der Waals surface area contributed by atoms with E-state index in [0.29, 0.717) is 5.69 Å². The maximum atomic E-state index is 12.0. The number of aryl methyl sites for hydroxylation is 2. The number of rotatable bonds is 2. The Balaban J connectivity index is 2.35. The molecule has 1 heterocycles. The molecule has 0 N–H and O–H groups in total. The summed E-state index contributed by atoms with van der Waals surface area (Å²) in [5.41, 5.74) is 4.71. The molecule has 0 amide bonds. The molecule has 0 aliphatic carbocycles. The second-order valence-corrected chi connectivity index (χ2v) is 5.18. The zero-order chi connectivity index (χ0) is 14.3. The quantitative estimate of drug-likeness (QED) is 0.659. The van der Waals surface area contributed by atoms with Crippen molar-refractivity contribution in [3.8, 4) is 5.69 Å². The highest BCUT2D eigenvalue weighted by molar-refractivity contribution is 6.05. The first-order chi connectivity index (χ1) is 9.56. The van der Waals surface area contributed by atoms with Gasteiger partial charge in [-0.2, -0.15) is 5.10 Å². The van der Waals surface area contributed by atoms with Gasteiger partial charge in [-0.25, -0.2) is 4.68 Å². The van der Waals surface area contributed by atoms with Crippen LogP contribution in [-0.2, 0) is 0 Å². The van der Waals surface area contributed by atoms with E-state index < -0.39 is 0 Å². The number of carbonyl (C=O) groups is 1. The molecule has 100 valence electrons. The third kappa shape index (κ3) is 2.01. The van der Waals surface area contributed by atoms with Gasteiger partial charge in [-0.1, -0.05) is 24.3 Å². The number of benzene rings is 2. The van der Waals surface area contributed by atoms with Crippen LogP contribution in [0.3, 0.4) is 0 Å². The summed E-state index contributed by atoms with van der Waals surface area (Å²) in [6.07, 6.45) is 0. The second-order valence-electron chi connectivity index (χ2n) is 5.18. The van der Waals surface area contributed by atoms with Gasteiger partial charge in [0.15, 0.2) is 5.78 Å². The lowest BCUT2D eigenvalue weighted by Gasteiger charge is -2.06. The smallest absolute Gasteiger partial charge is 0.178 e. The molecule has 3 nitrogen and oxygen atoms in total. The first kappa shape index (κ1) is 12.6. The number of fused-ring (bicyclic) bond motifs is 1. The summed E-state index contributed by atoms with van der Waals surface area (Å²) in [6.45, 7) is 5.64. The normalized spacial score (nSPS) is 10.9. The fourth-order valence-electron chi connectivity index (χ4n) is 2.48. The largest absolute Gasteiger partial charge is 0.293 e. The van der Waals surface area contributed by atoms with Gasteiger partial charge in [-0.05, 0) is 43.2 Å². The van der Waals surface area contributed by atoms with Gasteiger partial charge < -0.3 is 0 Å². The molecule has 0 unspecified atom stereocenters. The molecule has 0 saturated heterocycles. The van der Waals surface area contributed by atoms with Gasteiger partial charge in [0.25, 0.3) is 0 Å². The molecule has 2 aromatic carbocycles. The van der Waals surface area contributed by atoms with E-state index >= 15 is 0 Å². The molecular formula is C17H16N2O. The molecule has 0 saturated carbocycles. The van der Waals surface area contributed by atoms with Crippen LogP contribution in [0.1, 0.15) is 28.5 Å². The van der Waals surface area contributed by atoms with Crippen LogP contribution in [0.2, 0.25) is 0 Å². The lowest BCUT2D eigenvalue weighted by molar-refractivity contribution is 0.101. The maximum Gasteiger partial charge on any atom is 0.178 e. The molecule has 0 fully saturated rings. The second kappa shape index (κ2) is 4.60. The number of nitrogens with zero attached hydrogens (tertiary/aromatic N) is 2. The highest BCUT2D eigenvalue weighted by atomic mass is 16.1. The summed E-state index contributed by atoms with van der Waals surface area (Å²) in [5.74, 6) is 0.0258. The molecular weight excluding hydrogens is 248 g/mol. The molecule has 0 atom stereocenters. The molecule has 0 bridgehead atoms. The summed E-state index contributed by atoms with van der Waals surface area (Å²) >= 11 is 0. The van der Waals surface area contributed by atoms with Crippen LogP contribution < -0.4 is 0 Å². The Morgan fingerprint density at radius 2 is 1.80 bits per heavy atom. The van der Waals surface area contributed by atoms with E-state index in [1.165, 1.54) is 0 Å². The first-order valence-electron chi connectivity index (χ1n) is 6.63. The number of hydrogen-bond donors (Lipinski definition) is 0. The van der Waals surface area contributed by atoms with Crippen molar-refractivity contribution in [2.75, 3.05) is 0 Å². The lowest BCUT2D eigenvalue weighted by atomic mass is 10.1. The Morgan fingerprint density at radius 3 is 2.50 bits per heavy atom. The standard InChI is InChI=1S/C17H16N2O/c1-11-5-4-6-14(9-11)19-17(13(3)20)15-8-7-12(2)10-16(15)18-19/h4-10H,1-3H3. The number of ketones is 1.